The number of likely N-dealkylation sites (N-methyl/N-ethyl adjacent to an activating group) is 1. The summed E-state index contributed by atoms with van der Waals surface area (Å²) in [6.45, 7) is 5.16. The third-order valence-electron chi connectivity index (χ3n) is 2.49. The lowest BCUT2D eigenvalue weighted by molar-refractivity contribution is 0.135. The summed E-state index contributed by atoms with van der Waals surface area (Å²) in [4.78, 5) is 0.0993. The van der Waals surface area contributed by atoms with Crippen LogP contribution in [0.5, 0.6) is 0 Å². The van der Waals surface area contributed by atoms with Gasteiger partial charge in [-0.1, -0.05) is 6.92 Å². The highest BCUT2D eigenvalue weighted by Gasteiger charge is 2.22. The summed E-state index contributed by atoms with van der Waals surface area (Å²) in [5.74, 6) is -0.452. The van der Waals surface area contributed by atoms with Crippen LogP contribution in [0.15, 0.2) is 29.2 Å². The Labute approximate surface area is 107 Å². The van der Waals surface area contributed by atoms with Gasteiger partial charge in [0.05, 0.1) is 11.5 Å². The third-order valence-corrected chi connectivity index (χ3v) is 4.48. The smallest absolute Gasteiger partial charge is 0.243 e. The Bertz CT molecular complexity index is 459. The molecule has 0 heterocycles. The van der Waals surface area contributed by atoms with Gasteiger partial charge in [-0.25, -0.2) is 12.8 Å². The van der Waals surface area contributed by atoms with Crippen molar-refractivity contribution in [3.8, 4) is 0 Å². The number of sulfonamides is 1. The molecule has 0 fully saturated rings. The van der Waals surface area contributed by atoms with Gasteiger partial charge in [-0.3, -0.25) is 0 Å². The molecule has 0 spiro atoms. The van der Waals surface area contributed by atoms with Crippen molar-refractivity contribution in [2.75, 3.05) is 26.3 Å². The first-order chi connectivity index (χ1) is 8.52. The van der Waals surface area contributed by atoms with E-state index in [2.05, 4.69) is 0 Å². The Balaban J connectivity index is 2.85. The van der Waals surface area contributed by atoms with E-state index in [0.29, 0.717) is 26.3 Å². The molecule has 0 aliphatic carbocycles. The molecular weight excluding hydrogens is 257 g/mol. The maximum atomic E-state index is 12.8. The quantitative estimate of drug-likeness (QED) is 0.714. The summed E-state index contributed by atoms with van der Waals surface area (Å²) >= 11 is 0. The van der Waals surface area contributed by atoms with E-state index in [1.165, 1.54) is 16.4 Å². The van der Waals surface area contributed by atoms with Crippen LogP contribution in [0.3, 0.4) is 0 Å². The van der Waals surface area contributed by atoms with Gasteiger partial charge in [-0.2, -0.15) is 4.31 Å². The number of benzene rings is 1. The predicted molar refractivity (Wildman–Crippen MR) is 67.3 cm³/mol. The van der Waals surface area contributed by atoms with E-state index in [1.54, 1.807) is 6.92 Å². The number of hydrogen-bond donors (Lipinski definition) is 0. The molecule has 102 valence electrons. The fraction of sp³-hybridized carbons (Fsp3) is 0.500. The van der Waals surface area contributed by atoms with Gasteiger partial charge in [0.25, 0.3) is 0 Å². The second-order valence-corrected chi connectivity index (χ2v) is 5.59. The van der Waals surface area contributed by atoms with Crippen LogP contribution in [-0.4, -0.2) is 39.0 Å². The third kappa shape index (κ3) is 3.76. The second kappa shape index (κ2) is 6.82. The molecule has 0 radical (unpaired) electrons. The Morgan fingerprint density at radius 1 is 1.22 bits per heavy atom. The molecule has 0 aliphatic rings. The maximum Gasteiger partial charge on any atom is 0.243 e. The fourth-order valence-corrected chi connectivity index (χ4v) is 2.95. The van der Waals surface area contributed by atoms with Crippen molar-refractivity contribution in [2.45, 2.75) is 18.7 Å². The molecule has 0 unspecified atom stereocenters. The molecule has 1 rings (SSSR count). The van der Waals surface area contributed by atoms with Crippen molar-refractivity contribution in [1.29, 1.82) is 0 Å². The molecule has 0 aliphatic heterocycles. The van der Waals surface area contributed by atoms with Crippen LogP contribution in [0, 0.1) is 5.82 Å². The number of rotatable bonds is 7. The standard InChI is InChI=1S/C12H18FNO3S/c1-3-14(9-10-17-4-2)18(15,16)12-7-5-11(13)6-8-12/h5-8H,3-4,9-10H2,1-2H3. The molecule has 0 aromatic heterocycles. The lowest BCUT2D eigenvalue weighted by Gasteiger charge is -2.20. The average molecular weight is 275 g/mol. The zero-order valence-electron chi connectivity index (χ0n) is 10.6. The summed E-state index contributed by atoms with van der Waals surface area (Å²) in [6.07, 6.45) is 0. The number of ether oxygens (including phenoxy) is 1. The number of halogens is 1. The molecule has 0 saturated carbocycles. The van der Waals surface area contributed by atoms with E-state index in [4.69, 9.17) is 4.74 Å². The van der Waals surface area contributed by atoms with Gasteiger partial charge < -0.3 is 4.74 Å². The van der Waals surface area contributed by atoms with E-state index < -0.39 is 15.8 Å². The summed E-state index contributed by atoms with van der Waals surface area (Å²) in [6, 6.07) is 4.83. The van der Waals surface area contributed by atoms with Crippen molar-refractivity contribution >= 4 is 10.0 Å². The van der Waals surface area contributed by atoms with E-state index in [1.807, 2.05) is 6.92 Å². The van der Waals surface area contributed by atoms with Gasteiger partial charge in [0.1, 0.15) is 5.82 Å². The van der Waals surface area contributed by atoms with Crippen LogP contribution in [0.1, 0.15) is 13.8 Å². The first-order valence-electron chi connectivity index (χ1n) is 5.85. The molecule has 0 N–H and O–H groups in total. The van der Waals surface area contributed by atoms with Gasteiger partial charge in [0, 0.05) is 19.7 Å². The van der Waals surface area contributed by atoms with Crippen molar-refractivity contribution in [3.63, 3.8) is 0 Å². The summed E-state index contributed by atoms with van der Waals surface area (Å²) in [5, 5.41) is 0. The molecule has 0 amide bonds. The molecule has 18 heavy (non-hydrogen) atoms. The second-order valence-electron chi connectivity index (χ2n) is 3.65. The molecule has 1 aromatic rings. The van der Waals surface area contributed by atoms with Gasteiger partial charge in [-0.15, -0.1) is 0 Å². The van der Waals surface area contributed by atoms with Crippen LogP contribution in [0.25, 0.3) is 0 Å². The average Bonchev–Trinajstić information content (AvgIpc) is 2.35. The van der Waals surface area contributed by atoms with E-state index in [9.17, 15) is 12.8 Å². The maximum absolute atomic E-state index is 12.8. The Morgan fingerprint density at radius 2 is 1.83 bits per heavy atom. The minimum Gasteiger partial charge on any atom is -0.380 e. The number of hydrogen-bond acceptors (Lipinski definition) is 3. The monoisotopic (exact) mass is 275 g/mol. The highest BCUT2D eigenvalue weighted by atomic mass is 32.2. The lowest BCUT2D eigenvalue weighted by atomic mass is 10.4. The van der Waals surface area contributed by atoms with Crippen molar-refractivity contribution < 1.29 is 17.5 Å². The summed E-state index contributed by atoms with van der Waals surface area (Å²) < 4.78 is 43.7. The van der Waals surface area contributed by atoms with E-state index in [-0.39, 0.29) is 4.90 Å². The van der Waals surface area contributed by atoms with Crippen LogP contribution >= 0.6 is 0 Å². The molecule has 1 aromatic carbocycles. The lowest BCUT2D eigenvalue weighted by Crippen LogP contribution is -2.33. The van der Waals surface area contributed by atoms with Gasteiger partial charge in [-0.05, 0) is 31.2 Å². The molecule has 0 atom stereocenters. The van der Waals surface area contributed by atoms with Gasteiger partial charge in [0.15, 0.2) is 0 Å². The predicted octanol–water partition coefficient (Wildman–Crippen LogP) is 1.87. The Morgan fingerprint density at radius 3 is 2.33 bits per heavy atom. The molecule has 6 heteroatoms. The molecular formula is C12H18FNO3S. The zero-order valence-corrected chi connectivity index (χ0v) is 11.4. The SMILES string of the molecule is CCOCCN(CC)S(=O)(=O)c1ccc(F)cc1. The fourth-order valence-electron chi connectivity index (χ4n) is 1.51. The van der Waals surface area contributed by atoms with Gasteiger partial charge >= 0.3 is 0 Å². The van der Waals surface area contributed by atoms with Crippen molar-refractivity contribution in [1.82, 2.24) is 4.31 Å². The van der Waals surface area contributed by atoms with Crippen molar-refractivity contribution in [3.05, 3.63) is 30.1 Å². The summed E-state index contributed by atoms with van der Waals surface area (Å²) in [7, 11) is -3.56. The Hall–Kier alpha value is -0.980. The summed E-state index contributed by atoms with van der Waals surface area (Å²) in [5.41, 5.74) is 0. The molecule has 4 nitrogen and oxygen atoms in total. The minimum atomic E-state index is -3.56. The molecule has 0 saturated heterocycles. The van der Waals surface area contributed by atoms with E-state index in [0.717, 1.165) is 12.1 Å². The van der Waals surface area contributed by atoms with Crippen LogP contribution < -0.4 is 0 Å². The van der Waals surface area contributed by atoms with Gasteiger partial charge in [0.2, 0.25) is 10.0 Å². The normalized spacial score (nSPS) is 12.0. The first-order valence-corrected chi connectivity index (χ1v) is 7.29. The number of nitrogens with zero attached hydrogens (tertiary/aromatic N) is 1. The topological polar surface area (TPSA) is 46.6 Å². The highest BCUT2D eigenvalue weighted by Crippen LogP contribution is 2.15. The zero-order chi connectivity index (χ0) is 13.6. The minimum absolute atomic E-state index is 0.0993. The van der Waals surface area contributed by atoms with Crippen LogP contribution in [-0.2, 0) is 14.8 Å². The van der Waals surface area contributed by atoms with Crippen LogP contribution in [0.4, 0.5) is 4.39 Å². The molecule has 0 bridgehead atoms. The largest absolute Gasteiger partial charge is 0.380 e. The van der Waals surface area contributed by atoms with Crippen molar-refractivity contribution in [2.24, 2.45) is 0 Å². The van der Waals surface area contributed by atoms with E-state index >= 15 is 0 Å². The first kappa shape index (κ1) is 15.1. The highest BCUT2D eigenvalue weighted by molar-refractivity contribution is 7.89. The Kier molecular flexibility index (Phi) is 5.71. The van der Waals surface area contributed by atoms with Crippen LogP contribution in [0.2, 0.25) is 0 Å².